The normalized spacial score (nSPS) is 21.9. The summed E-state index contributed by atoms with van der Waals surface area (Å²) in [6, 6.07) is 30.1. The zero-order chi connectivity index (χ0) is 35.0. The second kappa shape index (κ2) is 14.2. The summed E-state index contributed by atoms with van der Waals surface area (Å²) in [7, 11) is 0. The van der Waals surface area contributed by atoms with Gasteiger partial charge in [0.25, 0.3) is 0 Å². The summed E-state index contributed by atoms with van der Waals surface area (Å²) in [5.74, 6) is 3.46. The van der Waals surface area contributed by atoms with E-state index >= 15 is 0 Å². The minimum Gasteiger partial charge on any atom is -0.491 e. The van der Waals surface area contributed by atoms with Gasteiger partial charge in [0.2, 0.25) is 0 Å². The first-order chi connectivity index (χ1) is 24.7. The van der Waals surface area contributed by atoms with E-state index in [1.165, 1.54) is 22.3 Å². The van der Waals surface area contributed by atoms with Gasteiger partial charge in [-0.15, -0.1) is 0 Å². The van der Waals surface area contributed by atoms with Crippen molar-refractivity contribution in [2.24, 2.45) is 0 Å². The van der Waals surface area contributed by atoms with Crippen LogP contribution in [0.4, 0.5) is 0 Å². The number of epoxide rings is 4. The van der Waals surface area contributed by atoms with Crippen molar-refractivity contribution in [1.29, 1.82) is 0 Å². The van der Waals surface area contributed by atoms with Gasteiger partial charge >= 0.3 is 0 Å². The lowest BCUT2D eigenvalue weighted by atomic mass is 9.77. The number of ether oxygens (including phenoxy) is 8. The third kappa shape index (κ3) is 8.53. The molecule has 4 aromatic carbocycles. The second-order valence-electron chi connectivity index (χ2n) is 15.2. The van der Waals surface area contributed by atoms with Crippen LogP contribution in [0, 0.1) is 0 Å². The van der Waals surface area contributed by atoms with Gasteiger partial charge in [0.1, 0.15) is 73.8 Å². The van der Waals surface area contributed by atoms with Crippen LogP contribution in [0.1, 0.15) is 61.1 Å². The predicted octanol–water partition coefficient (Wildman–Crippen LogP) is 7.04. The second-order valence-corrected chi connectivity index (χ2v) is 15.2. The lowest BCUT2D eigenvalue weighted by molar-refractivity contribution is 0.258. The van der Waals surface area contributed by atoms with Crippen LogP contribution in [0.2, 0.25) is 0 Å². The SMILES string of the molecule is CC(C)(c1ccc(OCC2CO2)cc1)c1ccc(Cc2ccc(C(C)(C)c3ccc(OCC4CO4)cc3)cc2OCC2CO2)c(OCC2CO2)c1. The number of hydrogen-bond acceptors (Lipinski definition) is 8. The van der Waals surface area contributed by atoms with E-state index < -0.39 is 0 Å². The van der Waals surface area contributed by atoms with E-state index in [-0.39, 0.29) is 35.2 Å². The summed E-state index contributed by atoms with van der Waals surface area (Å²) >= 11 is 0. The van der Waals surface area contributed by atoms with Gasteiger partial charge in [-0.2, -0.15) is 0 Å². The Morgan fingerprint density at radius 1 is 0.451 bits per heavy atom. The van der Waals surface area contributed by atoms with Crippen LogP contribution in [-0.2, 0) is 36.2 Å². The minimum atomic E-state index is -0.257. The van der Waals surface area contributed by atoms with E-state index in [0.717, 1.165) is 60.6 Å². The average Bonchev–Trinajstić information content (AvgIpc) is 3.93. The van der Waals surface area contributed by atoms with Crippen LogP contribution < -0.4 is 18.9 Å². The first-order valence-electron chi connectivity index (χ1n) is 18.2. The molecule has 0 amide bonds. The van der Waals surface area contributed by atoms with Gasteiger partial charge in [-0.25, -0.2) is 0 Å². The number of hydrogen-bond donors (Lipinski definition) is 0. The molecule has 4 aromatic rings. The van der Waals surface area contributed by atoms with Crippen LogP contribution in [-0.4, -0.2) is 77.3 Å². The standard InChI is InChI=1S/C43H48O8/c1-42(2,30-9-13-34(14-10-30)44-20-36-22-46-36)32-7-5-28(40(18-32)50-26-38-24-48-38)17-29-6-8-33(19-41(29)51-27-39-25-49-39)43(3,4)31-11-15-35(16-12-31)45-21-37-23-47-37/h5-16,18-19,36-39H,17,20-27H2,1-4H3. The summed E-state index contributed by atoms with van der Waals surface area (Å²) < 4.78 is 46.3. The first kappa shape index (κ1) is 34.0. The molecule has 0 aliphatic carbocycles. The van der Waals surface area contributed by atoms with Gasteiger partial charge in [0.05, 0.1) is 26.4 Å². The minimum absolute atomic E-state index is 0.148. The molecular formula is C43H48O8. The molecule has 4 saturated heterocycles. The summed E-state index contributed by atoms with van der Waals surface area (Å²) in [5.41, 5.74) is 6.45. The average molecular weight is 693 g/mol. The van der Waals surface area contributed by atoms with E-state index in [2.05, 4.69) is 88.4 Å². The highest BCUT2D eigenvalue weighted by atomic mass is 16.6. The molecular weight excluding hydrogens is 644 g/mol. The molecule has 4 aliphatic rings. The zero-order valence-electron chi connectivity index (χ0n) is 30.0. The quantitative estimate of drug-likeness (QED) is 0.103. The molecule has 0 aromatic heterocycles. The van der Waals surface area contributed by atoms with E-state index in [9.17, 15) is 0 Å². The Morgan fingerprint density at radius 3 is 1.10 bits per heavy atom. The predicted molar refractivity (Wildman–Crippen MR) is 194 cm³/mol. The summed E-state index contributed by atoms with van der Waals surface area (Å²) in [5, 5.41) is 0. The van der Waals surface area contributed by atoms with Crippen molar-refractivity contribution in [2.45, 2.75) is 69.4 Å². The highest BCUT2D eigenvalue weighted by Crippen LogP contribution is 2.39. The Labute approximate surface area is 300 Å². The molecule has 0 spiro atoms. The summed E-state index contributed by atoms with van der Waals surface area (Å²) in [6.07, 6.45) is 1.42. The molecule has 4 heterocycles. The molecule has 0 radical (unpaired) electrons. The van der Waals surface area contributed by atoms with Crippen molar-refractivity contribution < 1.29 is 37.9 Å². The lowest BCUT2D eigenvalue weighted by Gasteiger charge is -2.28. The van der Waals surface area contributed by atoms with E-state index in [1.54, 1.807) is 0 Å². The van der Waals surface area contributed by atoms with E-state index in [1.807, 2.05) is 24.3 Å². The third-order valence-corrected chi connectivity index (χ3v) is 10.4. The number of rotatable bonds is 18. The lowest BCUT2D eigenvalue weighted by Crippen LogP contribution is -2.20. The summed E-state index contributed by atoms with van der Waals surface area (Å²) in [4.78, 5) is 0. The van der Waals surface area contributed by atoms with E-state index in [0.29, 0.717) is 32.8 Å². The Kier molecular flexibility index (Phi) is 9.44. The van der Waals surface area contributed by atoms with Crippen molar-refractivity contribution in [2.75, 3.05) is 52.9 Å². The fraction of sp³-hybridized carbons (Fsp3) is 0.442. The maximum Gasteiger partial charge on any atom is 0.123 e. The Hall–Kier alpha value is -4.08. The maximum atomic E-state index is 6.48. The van der Waals surface area contributed by atoms with Crippen molar-refractivity contribution >= 4 is 0 Å². The molecule has 4 fully saturated rings. The molecule has 4 aliphatic heterocycles. The zero-order valence-corrected chi connectivity index (χ0v) is 30.0. The van der Waals surface area contributed by atoms with Crippen LogP contribution in [0.3, 0.4) is 0 Å². The molecule has 0 saturated carbocycles. The van der Waals surface area contributed by atoms with Gasteiger partial charge in [-0.3, -0.25) is 0 Å². The fourth-order valence-electron chi connectivity index (χ4n) is 6.32. The van der Waals surface area contributed by atoms with Crippen molar-refractivity contribution in [3.05, 3.63) is 118 Å². The Balaban J connectivity index is 1.04. The maximum absolute atomic E-state index is 6.48. The molecule has 0 bridgehead atoms. The van der Waals surface area contributed by atoms with Crippen LogP contribution in [0.25, 0.3) is 0 Å². The topological polar surface area (TPSA) is 87.0 Å². The molecule has 51 heavy (non-hydrogen) atoms. The van der Waals surface area contributed by atoms with Gasteiger partial charge in [0.15, 0.2) is 0 Å². The Morgan fingerprint density at radius 2 is 0.765 bits per heavy atom. The van der Waals surface area contributed by atoms with Gasteiger partial charge in [-0.1, -0.05) is 76.2 Å². The molecule has 8 nitrogen and oxygen atoms in total. The monoisotopic (exact) mass is 692 g/mol. The first-order valence-corrected chi connectivity index (χ1v) is 18.2. The molecule has 268 valence electrons. The highest BCUT2D eigenvalue weighted by molar-refractivity contribution is 5.51. The fourth-order valence-corrected chi connectivity index (χ4v) is 6.32. The molecule has 8 heteroatoms. The van der Waals surface area contributed by atoms with Gasteiger partial charge < -0.3 is 37.9 Å². The number of benzene rings is 4. The smallest absolute Gasteiger partial charge is 0.123 e. The molecule has 0 N–H and O–H groups in total. The van der Waals surface area contributed by atoms with E-state index in [4.69, 9.17) is 37.9 Å². The van der Waals surface area contributed by atoms with Crippen molar-refractivity contribution in [3.63, 3.8) is 0 Å². The third-order valence-electron chi connectivity index (χ3n) is 10.4. The van der Waals surface area contributed by atoms with Gasteiger partial charge in [0, 0.05) is 17.3 Å². The van der Waals surface area contributed by atoms with Crippen molar-refractivity contribution in [3.8, 4) is 23.0 Å². The molecule has 4 unspecified atom stereocenters. The van der Waals surface area contributed by atoms with Crippen LogP contribution in [0.5, 0.6) is 23.0 Å². The Bertz CT molecular complexity index is 1670. The van der Waals surface area contributed by atoms with Gasteiger partial charge in [-0.05, 0) is 69.8 Å². The molecule has 8 rings (SSSR count). The van der Waals surface area contributed by atoms with Crippen LogP contribution >= 0.6 is 0 Å². The highest BCUT2D eigenvalue weighted by Gasteiger charge is 2.30. The largest absolute Gasteiger partial charge is 0.491 e. The van der Waals surface area contributed by atoms with Crippen molar-refractivity contribution in [1.82, 2.24) is 0 Å². The van der Waals surface area contributed by atoms with Crippen LogP contribution in [0.15, 0.2) is 84.9 Å². The molecule has 4 atom stereocenters. The summed E-state index contributed by atoms with van der Waals surface area (Å²) in [6.45, 7) is 14.3.